The lowest BCUT2D eigenvalue weighted by molar-refractivity contribution is 0.399. The number of anilines is 2. The first-order valence-electron chi connectivity index (χ1n) is 8.27. The summed E-state index contributed by atoms with van der Waals surface area (Å²) in [6, 6.07) is 15.7. The zero-order valence-electron chi connectivity index (χ0n) is 14.0. The number of rotatable bonds is 3. The fraction of sp³-hybridized carbons (Fsp3) is 0.105. The van der Waals surface area contributed by atoms with Crippen molar-refractivity contribution in [1.29, 1.82) is 0 Å². The Balaban J connectivity index is 1.56. The van der Waals surface area contributed by atoms with Crippen LogP contribution in [0.3, 0.4) is 0 Å². The van der Waals surface area contributed by atoms with Crippen LogP contribution >= 0.6 is 0 Å². The minimum atomic E-state index is 0.393. The van der Waals surface area contributed by atoms with Gasteiger partial charge < -0.3 is 19.6 Å². The van der Waals surface area contributed by atoms with Crippen LogP contribution in [0.1, 0.15) is 5.76 Å². The summed E-state index contributed by atoms with van der Waals surface area (Å²) >= 11 is 0. The van der Waals surface area contributed by atoms with Gasteiger partial charge in [0.25, 0.3) is 5.89 Å². The Morgan fingerprint density at radius 1 is 0.885 bits per heavy atom. The molecule has 0 saturated carbocycles. The molecule has 0 radical (unpaired) electrons. The molecule has 2 aromatic carbocycles. The lowest BCUT2D eigenvalue weighted by Crippen LogP contribution is -1.98. The summed E-state index contributed by atoms with van der Waals surface area (Å²) in [6.07, 6.45) is 0. The topological polar surface area (TPSA) is 89.0 Å². The fourth-order valence-electron chi connectivity index (χ4n) is 3.07. The summed E-state index contributed by atoms with van der Waals surface area (Å²) in [6.45, 7) is 2.55. The van der Waals surface area contributed by atoms with E-state index in [4.69, 9.17) is 8.94 Å². The van der Waals surface area contributed by atoms with Gasteiger partial charge in [0.15, 0.2) is 0 Å². The first-order valence-corrected chi connectivity index (χ1v) is 8.27. The summed E-state index contributed by atoms with van der Waals surface area (Å²) in [4.78, 5) is 0. The van der Waals surface area contributed by atoms with Gasteiger partial charge in [0.2, 0.25) is 5.89 Å². The molecule has 2 aromatic heterocycles. The van der Waals surface area contributed by atoms with Gasteiger partial charge in [-0.15, -0.1) is 10.2 Å². The first kappa shape index (κ1) is 14.7. The average molecular weight is 345 g/mol. The van der Waals surface area contributed by atoms with Crippen molar-refractivity contribution in [2.75, 3.05) is 17.3 Å². The molecule has 128 valence electrons. The molecule has 0 fully saturated rings. The monoisotopic (exact) mass is 345 g/mol. The second-order valence-electron chi connectivity index (χ2n) is 6.03. The summed E-state index contributed by atoms with van der Waals surface area (Å²) < 4.78 is 11.3. The molecule has 1 aliphatic rings. The highest BCUT2D eigenvalue weighted by Gasteiger charge is 2.22. The maximum atomic E-state index is 5.95. The van der Waals surface area contributed by atoms with Crippen LogP contribution in [-0.2, 0) is 0 Å². The number of aryl methyl sites for hydroxylation is 1. The second kappa shape index (κ2) is 5.73. The molecule has 2 N–H and O–H groups in total. The van der Waals surface area contributed by atoms with Crippen LogP contribution in [0.25, 0.3) is 34.2 Å². The lowest BCUT2D eigenvalue weighted by atomic mass is 10.1. The van der Waals surface area contributed by atoms with E-state index < -0.39 is 0 Å². The summed E-state index contributed by atoms with van der Waals surface area (Å²) in [5, 5.41) is 19.1. The molecule has 0 spiro atoms. The molecule has 0 bridgehead atoms. The van der Waals surface area contributed by atoms with Gasteiger partial charge >= 0.3 is 0 Å². The van der Waals surface area contributed by atoms with Crippen molar-refractivity contribution in [3.8, 4) is 34.2 Å². The van der Waals surface area contributed by atoms with Crippen molar-refractivity contribution in [3.63, 3.8) is 0 Å². The molecular weight excluding hydrogens is 330 g/mol. The van der Waals surface area contributed by atoms with Gasteiger partial charge in [0, 0.05) is 11.1 Å². The van der Waals surface area contributed by atoms with Gasteiger partial charge in [-0.3, -0.25) is 0 Å². The lowest BCUT2D eigenvalue weighted by Gasteiger charge is -2.00. The molecule has 4 aromatic rings. The summed E-state index contributed by atoms with van der Waals surface area (Å²) in [7, 11) is 0. The minimum Gasteiger partial charge on any atom is -0.416 e. The van der Waals surface area contributed by atoms with Crippen LogP contribution in [0.15, 0.2) is 57.5 Å². The number of fused-ring (bicyclic) bond motifs is 1. The maximum Gasteiger partial charge on any atom is 0.254 e. The van der Waals surface area contributed by atoms with Gasteiger partial charge in [-0.2, -0.15) is 0 Å². The van der Waals surface area contributed by atoms with Crippen molar-refractivity contribution in [1.82, 2.24) is 15.4 Å². The number of benzene rings is 2. The van der Waals surface area contributed by atoms with E-state index >= 15 is 0 Å². The smallest absolute Gasteiger partial charge is 0.254 e. The maximum absolute atomic E-state index is 5.95. The third-order valence-electron chi connectivity index (χ3n) is 4.37. The SMILES string of the molecule is Cc1onc(-c2ccccc2)c1-c1nnc(-c2ccc3c(c2)NCN3)o1. The Morgan fingerprint density at radius 2 is 1.69 bits per heavy atom. The Hall–Kier alpha value is -3.61. The van der Waals surface area contributed by atoms with E-state index in [0.29, 0.717) is 29.9 Å². The van der Waals surface area contributed by atoms with Gasteiger partial charge in [0.05, 0.1) is 18.0 Å². The highest BCUT2D eigenvalue weighted by atomic mass is 16.5. The van der Waals surface area contributed by atoms with Crippen LogP contribution in [-0.4, -0.2) is 22.0 Å². The molecule has 26 heavy (non-hydrogen) atoms. The molecule has 0 unspecified atom stereocenters. The van der Waals surface area contributed by atoms with Crippen molar-refractivity contribution in [2.45, 2.75) is 6.92 Å². The average Bonchev–Trinajstić information content (AvgIpc) is 3.40. The zero-order chi connectivity index (χ0) is 17.5. The molecule has 0 saturated heterocycles. The van der Waals surface area contributed by atoms with Crippen LogP contribution in [0.5, 0.6) is 0 Å². The predicted molar refractivity (Wildman–Crippen MR) is 97.5 cm³/mol. The Bertz CT molecular complexity index is 1080. The molecule has 3 heterocycles. The van der Waals surface area contributed by atoms with Crippen molar-refractivity contribution in [2.24, 2.45) is 0 Å². The van der Waals surface area contributed by atoms with E-state index in [9.17, 15) is 0 Å². The third-order valence-corrected chi connectivity index (χ3v) is 4.37. The largest absolute Gasteiger partial charge is 0.416 e. The Morgan fingerprint density at radius 3 is 2.58 bits per heavy atom. The molecule has 0 amide bonds. The normalized spacial score (nSPS) is 12.5. The highest BCUT2D eigenvalue weighted by Crippen LogP contribution is 2.36. The molecular formula is C19H15N5O2. The van der Waals surface area contributed by atoms with Crippen LogP contribution < -0.4 is 10.6 Å². The third kappa shape index (κ3) is 2.33. The summed E-state index contributed by atoms with van der Waals surface area (Å²) in [5.74, 6) is 1.49. The van der Waals surface area contributed by atoms with Crippen molar-refractivity contribution < 1.29 is 8.94 Å². The van der Waals surface area contributed by atoms with Gasteiger partial charge in [-0.05, 0) is 25.1 Å². The van der Waals surface area contributed by atoms with E-state index in [2.05, 4.69) is 26.0 Å². The van der Waals surface area contributed by atoms with Crippen molar-refractivity contribution >= 4 is 11.4 Å². The molecule has 0 atom stereocenters. The molecule has 7 nitrogen and oxygen atoms in total. The summed E-state index contributed by atoms with van der Waals surface area (Å²) in [5.41, 5.74) is 5.29. The Labute approximate surface area is 149 Å². The van der Waals surface area contributed by atoms with Crippen LogP contribution in [0.4, 0.5) is 11.4 Å². The van der Waals surface area contributed by atoms with Gasteiger partial charge in [0.1, 0.15) is 17.0 Å². The minimum absolute atomic E-state index is 0.393. The van der Waals surface area contributed by atoms with Crippen LogP contribution in [0.2, 0.25) is 0 Å². The Kier molecular flexibility index (Phi) is 3.24. The number of hydrogen-bond acceptors (Lipinski definition) is 7. The molecule has 1 aliphatic heterocycles. The van der Waals surface area contributed by atoms with E-state index in [1.165, 1.54) is 0 Å². The van der Waals surface area contributed by atoms with E-state index in [1.807, 2.05) is 55.5 Å². The fourth-order valence-corrected chi connectivity index (χ4v) is 3.07. The zero-order valence-corrected chi connectivity index (χ0v) is 14.0. The van der Waals surface area contributed by atoms with Crippen molar-refractivity contribution in [3.05, 3.63) is 54.3 Å². The first-order chi connectivity index (χ1) is 12.8. The highest BCUT2D eigenvalue weighted by molar-refractivity contribution is 5.80. The van der Waals surface area contributed by atoms with E-state index in [0.717, 1.165) is 28.1 Å². The molecule has 5 rings (SSSR count). The quantitative estimate of drug-likeness (QED) is 0.576. The van der Waals surface area contributed by atoms with Gasteiger partial charge in [-0.1, -0.05) is 35.5 Å². The van der Waals surface area contributed by atoms with E-state index in [1.54, 1.807) is 0 Å². The van der Waals surface area contributed by atoms with E-state index in [-0.39, 0.29) is 0 Å². The van der Waals surface area contributed by atoms with Gasteiger partial charge in [-0.25, -0.2) is 0 Å². The number of hydrogen-bond donors (Lipinski definition) is 2. The molecule has 0 aliphatic carbocycles. The second-order valence-corrected chi connectivity index (χ2v) is 6.03. The number of nitrogens with zero attached hydrogens (tertiary/aromatic N) is 3. The standard InChI is InChI=1S/C19H15N5O2/c1-11-16(17(24-26-11)12-5-3-2-4-6-12)19-23-22-18(25-19)13-7-8-14-15(9-13)21-10-20-14/h2-9,20-21H,10H2,1H3. The number of nitrogens with one attached hydrogen (secondary N) is 2. The molecule has 7 heteroatoms. The number of aromatic nitrogens is 3. The predicted octanol–water partition coefficient (Wildman–Crippen LogP) is 4.16. The van der Waals surface area contributed by atoms with Crippen LogP contribution in [0, 0.1) is 6.92 Å².